The maximum Gasteiger partial charge on any atom is 0.251 e. The molecule has 2 aromatic rings. The van der Waals surface area contributed by atoms with Crippen LogP contribution in [-0.2, 0) is 21.2 Å². The zero-order valence-corrected chi connectivity index (χ0v) is 16.3. The van der Waals surface area contributed by atoms with E-state index in [1.54, 1.807) is 12.1 Å². The van der Waals surface area contributed by atoms with Gasteiger partial charge in [0, 0.05) is 25.2 Å². The fraction of sp³-hybridized carbons (Fsp3) is 0.350. The van der Waals surface area contributed by atoms with Gasteiger partial charge in [-0.3, -0.25) is 4.79 Å². The molecule has 0 atom stereocenters. The zero-order valence-electron chi connectivity index (χ0n) is 15.4. The number of halogens is 1. The van der Waals surface area contributed by atoms with Crippen molar-refractivity contribution in [2.24, 2.45) is 0 Å². The number of amides is 1. The zero-order chi connectivity index (χ0) is 20.0. The molecular weight excluding hydrogens is 383 g/mol. The monoisotopic (exact) mass is 406 g/mol. The summed E-state index contributed by atoms with van der Waals surface area (Å²) >= 11 is 0. The van der Waals surface area contributed by atoms with Crippen molar-refractivity contribution in [2.45, 2.75) is 17.7 Å². The highest BCUT2D eigenvalue weighted by molar-refractivity contribution is 7.89. The number of nitrogens with one attached hydrogen (secondary N) is 1. The Morgan fingerprint density at radius 2 is 1.68 bits per heavy atom. The van der Waals surface area contributed by atoms with Gasteiger partial charge in [-0.05, 0) is 54.8 Å². The highest BCUT2D eigenvalue weighted by Crippen LogP contribution is 2.17. The van der Waals surface area contributed by atoms with Crippen LogP contribution in [0.15, 0.2) is 53.4 Å². The van der Waals surface area contributed by atoms with Crippen molar-refractivity contribution >= 4 is 15.9 Å². The predicted octanol–water partition coefficient (Wildman–Crippen LogP) is 2.21. The Bertz CT molecular complexity index is 893. The molecule has 1 aliphatic rings. The molecule has 3 rings (SSSR count). The van der Waals surface area contributed by atoms with Gasteiger partial charge in [0.05, 0.1) is 18.1 Å². The van der Waals surface area contributed by atoms with E-state index in [9.17, 15) is 17.6 Å². The number of ether oxygens (including phenoxy) is 1. The second-order valence-corrected chi connectivity index (χ2v) is 8.46. The summed E-state index contributed by atoms with van der Waals surface area (Å²) in [7, 11) is -3.56. The summed E-state index contributed by atoms with van der Waals surface area (Å²) in [6.07, 6.45) is 1.46. The minimum atomic E-state index is -3.56. The van der Waals surface area contributed by atoms with E-state index in [0.29, 0.717) is 38.4 Å². The molecule has 1 N–H and O–H groups in total. The van der Waals surface area contributed by atoms with Crippen LogP contribution < -0.4 is 5.32 Å². The molecule has 1 heterocycles. The lowest BCUT2D eigenvalue weighted by molar-refractivity contribution is 0.0730. The number of nitrogens with zero attached hydrogens (tertiary/aromatic N) is 1. The summed E-state index contributed by atoms with van der Waals surface area (Å²) in [6, 6.07) is 12.2. The molecule has 1 aliphatic heterocycles. The molecular formula is C20H23FN2O4S. The van der Waals surface area contributed by atoms with Gasteiger partial charge in [0.25, 0.3) is 5.91 Å². The van der Waals surface area contributed by atoms with Crippen LogP contribution in [0.5, 0.6) is 0 Å². The number of aryl methyl sites for hydroxylation is 1. The molecule has 0 aliphatic carbocycles. The van der Waals surface area contributed by atoms with Crippen LogP contribution in [0.4, 0.5) is 4.39 Å². The van der Waals surface area contributed by atoms with Crippen LogP contribution >= 0.6 is 0 Å². The van der Waals surface area contributed by atoms with Crippen LogP contribution in [0.2, 0.25) is 0 Å². The second-order valence-electron chi connectivity index (χ2n) is 6.53. The van der Waals surface area contributed by atoms with Gasteiger partial charge in [-0.2, -0.15) is 4.31 Å². The molecule has 6 nitrogen and oxygen atoms in total. The molecule has 8 heteroatoms. The van der Waals surface area contributed by atoms with Gasteiger partial charge in [-0.1, -0.05) is 12.1 Å². The maximum absolute atomic E-state index is 12.9. The van der Waals surface area contributed by atoms with E-state index in [4.69, 9.17) is 4.74 Å². The first-order chi connectivity index (χ1) is 13.5. The Balaban J connectivity index is 1.51. The van der Waals surface area contributed by atoms with Crippen molar-refractivity contribution in [2.75, 3.05) is 32.8 Å². The third-order valence-corrected chi connectivity index (χ3v) is 6.48. The number of carbonyl (C=O) groups is 1. The number of sulfonamides is 1. The molecule has 2 aromatic carbocycles. The summed E-state index contributed by atoms with van der Waals surface area (Å²) in [5.41, 5.74) is 1.41. The smallest absolute Gasteiger partial charge is 0.251 e. The first-order valence-electron chi connectivity index (χ1n) is 9.17. The molecule has 0 bridgehead atoms. The first-order valence-corrected chi connectivity index (χ1v) is 10.6. The van der Waals surface area contributed by atoms with Crippen molar-refractivity contribution in [1.29, 1.82) is 0 Å². The van der Waals surface area contributed by atoms with Crippen LogP contribution in [0.3, 0.4) is 0 Å². The van der Waals surface area contributed by atoms with Gasteiger partial charge in [0.15, 0.2) is 0 Å². The van der Waals surface area contributed by atoms with Crippen molar-refractivity contribution in [1.82, 2.24) is 9.62 Å². The highest BCUT2D eigenvalue weighted by atomic mass is 32.2. The van der Waals surface area contributed by atoms with Gasteiger partial charge in [-0.25, -0.2) is 12.8 Å². The summed E-state index contributed by atoms with van der Waals surface area (Å²) in [6.45, 7) is 1.91. The standard InChI is InChI=1S/C20H23FN2O4S/c21-18-7-3-16(4-8-18)2-1-11-22-20(24)17-5-9-19(10-6-17)28(25,26)23-12-14-27-15-13-23/h3-10H,1-2,11-15H2,(H,22,24). The van der Waals surface area contributed by atoms with E-state index in [1.165, 1.54) is 40.7 Å². The molecule has 0 saturated carbocycles. The largest absolute Gasteiger partial charge is 0.379 e. The Kier molecular flexibility index (Phi) is 6.77. The van der Waals surface area contributed by atoms with Gasteiger partial charge in [0.1, 0.15) is 5.82 Å². The molecule has 0 spiro atoms. The molecule has 0 aromatic heterocycles. The molecule has 0 radical (unpaired) electrons. The minimum absolute atomic E-state index is 0.169. The lowest BCUT2D eigenvalue weighted by atomic mass is 10.1. The minimum Gasteiger partial charge on any atom is -0.379 e. The molecule has 150 valence electrons. The van der Waals surface area contributed by atoms with E-state index in [1.807, 2.05) is 0 Å². The van der Waals surface area contributed by atoms with Crippen LogP contribution in [0.1, 0.15) is 22.3 Å². The molecule has 1 amide bonds. The second kappa shape index (κ2) is 9.27. The first kappa shape index (κ1) is 20.4. The van der Waals surface area contributed by atoms with Crippen molar-refractivity contribution < 1.29 is 22.3 Å². The Labute approximate surface area is 164 Å². The topological polar surface area (TPSA) is 75.7 Å². The van der Waals surface area contributed by atoms with Crippen LogP contribution in [0, 0.1) is 5.82 Å². The number of rotatable bonds is 7. The summed E-state index contributed by atoms with van der Waals surface area (Å²) in [5.74, 6) is -0.523. The molecule has 28 heavy (non-hydrogen) atoms. The van der Waals surface area contributed by atoms with Gasteiger partial charge >= 0.3 is 0 Å². The number of morpholine rings is 1. The maximum atomic E-state index is 12.9. The van der Waals surface area contributed by atoms with Gasteiger partial charge < -0.3 is 10.1 Å². The average molecular weight is 406 g/mol. The third-order valence-electron chi connectivity index (χ3n) is 4.57. The molecule has 0 unspecified atom stereocenters. The number of carbonyl (C=O) groups excluding carboxylic acids is 1. The lowest BCUT2D eigenvalue weighted by Crippen LogP contribution is -2.40. The molecule has 1 saturated heterocycles. The summed E-state index contributed by atoms with van der Waals surface area (Å²) in [4.78, 5) is 12.4. The van der Waals surface area contributed by atoms with Crippen LogP contribution in [-0.4, -0.2) is 51.5 Å². The molecule has 1 fully saturated rings. The van der Waals surface area contributed by atoms with E-state index in [-0.39, 0.29) is 16.6 Å². The highest BCUT2D eigenvalue weighted by Gasteiger charge is 2.26. The van der Waals surface area contributed by atoms with Crippen molar-refractivity contribution in [3.8, 4) is 0 Å². The summed E-state index contributed by atoms with van der Waals surface area (Å²) in [5, 5.41) is 2.81. The average Bonchev–Trinajstić information content (AvgIpc) is 2.73. The quantitative estimate of drug-likeness (QED) is 0.716. The van der Waals surface area contributed by atoms with E-state index >= 15 is 0 Å². The Hall–Kier alpha value is -2.29. The van der Waals surface area contributed by atoms with Crippen molar-refractivity contribution in [3.63, 3.8) is 0 Å². The normalized spacial score (nSPS) is 15.3. The number of benzene rings is 2. The SMILES string of the molecule is O=C(NCCCc1ccc(F)cc1)c1ccc(S(=O)(=O)N2CCOCC2)cc1. The third kappa shape index (κ3) is 5.15. The predicted molar refractivity (Wildman–Crippen MR) is 103 cm³/mol. The van der Waals surface area contributed by atoms with Gasteiger partial charge in [0.2, 0.25) is 10.0 Å². The fourth-order valence-corrected chi connectivity index (χ4v) is 4.37. The van der Waals surface area contributed by atoms with E-state index in [0.717, 1.165) is 18.4 Å². The number of hydrogen-bond donors (Lipinski definition) is 1. The van der Waals surface area contributed by atoms with Crippen molar-refractivity contribution in [3.05, 3.63) is 65.5 Å². The lowest BCUT2D eigenvalue weighted by Gasteiger charge is -2.26. The van der Waals surface area contributed by atoms with E-state index in [2.05, 4.69) is 5.32 Å². The Morgan fingerprint density at radius 1 is 1.04 bits per heavy atom. The number of hydrogen-bond acceptors (Lipinski definition) is 4. The van der Waals surface area contributed by atoms with E-state index < -0.39 is 10.0 Å². The van der Waals surface area contributed by atoms with Gasteiger partial charge in [-0.15, -0.1) is 0 Å². The summed E-state index contributed by atoms with van der Waals surface area (Å²) < 4.78 is 44.6. The van der Waals surface area contributed by atoms with Crippen LogP contribution in [0.25, 0.3) is 0 Å². The fourth-order valence-electron chi connectivity index (χ4n) is 2.96. The Morgan fingerprint density at radius 3 is 2.32 bits per heavy atom.